The topological polar surface area (TPSA) is 83.7 Å². The molecule has 2 aromatic carbocycles. The first-order valence-electron chi connectivity index (χ1n) is 8.76. The molecule has 2 N–H and O–H groups in total. The van der Waals surface area contributed by atoms with Crippen LogP contribution in [0, 0.1) is 0 Å². The third kappa shape index (κ3) is 3.47. The van der Waals surface area contributed by atoms with Crippen LogP contribution in [0.25, 0.3) is 10.9 Å². The second-order valence-corrected chi connectivity index (χ2v) is 8.89. The second kappa shape index (κ2) is 7.48. The molecule has 6 nitrogen and oxygen atoms in total. The number of halogens is 1. The average Bonchev–Trinajstić information content (AvgIpc) is 3.08. The van der Waals surface area contributed by atoms with Crippen molar-refractivity contribution in [2.45, 2.75) is 25.8 Å². The molecule has 0 aliphatic rings. The van der Waals surface area contributed by atoms with Crippen molar-refractivity contribution in [3.63, 3.8) is 0 Å². The Hall–Kier alpha value is -2.51. The minimum atomic E-state index is -3.42. The predicted molar refractivity (Wildman–Crippen MR) is 114 cm³/mol. The summed E-state index contributed by atoms with van der Waals surface area (Å²) in [5.74, 6) is 0. The van der Waals surface area contributed by atoms with Gasteiger partial charge in [0.25, 0.3) is 0 Å². The average molecular weight is 420 g/mol. The van der Waals surface area contributed by atoms with Crippen molar-refractivity contribution in [1.82, 2.24) is 4.57 Å². The Bertz CT molecular complexity index is 1140. The van der Waals surface area contributed by atoms with Crippen molar-refractivity contribution < 1.29 is 13.6 Å². The molecule has 0 amide bonds. The number of oxime groups is 1. The van der Waals surface area contributed by atoms with Crippen LogP contribution in [0.2, 0.25) is 5.02 Å². The van der Waals surface area contributed by atoms with Crippen molar-refractivity contribution in [2.75, 3.05) is 11.0 Å². The standard InChI is InChI=1S/C20H22ClN3O3S/c1-4-20(14(2)22-25,15-8-10-16(21)11-9-15)24-13-12-17-18(23-28(3,26)27)6-5-7-19(17)24/h5-13,23,25H,4H2,1-3H3/b22-14-. The number of aromatic nitrogens is 1. The van der Waals surface area contributed by atoms with E-state index in [1.54, 1.807) is 31.2 Å². The lowest BCUT2D eigenvalue weighted by atomic mass is 9.82. The van der Waals surface area contributed by atoms with Gasteiger partial charge in [0, 0.05) is 16.6 Å². The highest BCUT2D eigenvalue weighted by Crippen LogP contribution is 2.37. The molecule has 0 radical (unpaired) electrons. The zero-order valence-electron chi connectivity index (χ0n) is 15.8. The maximum atomic E-state index is 11.7. The molecule has 1 aromatic heterocycles. The van der Waals surface area contributed by atoms with Crippen LogP contribution in [0.15, 0.2) is 59.9 Å². The highest BCUT2D eigenvalue weighted by atomic mass is 35.5. The summed E-state index contributed by atoms with van der Waals surface area (Å²) < 4.78 is 28.0. The Labute approximate surface area is 169 Å². The molecule has 28 heavy (non-hydrogen) atoms. The number of benzene rings is 2. The fraction of sp³-hybridized carbons (Fsp3) is 0.250. The van der Waals surface area contributed by atoms with Crippen LogP contribution >= 0.6 is 11.6 Å². The van der Waals surface area contributed by atoms with E-state index in [1.165, 1.54) is 0 Å². The Kier molecular flexibility index (Phi) is 5.41. The van der Waals surface area contributed by atoms with E-state index in [2.05, 4.69) is 9.88 Å². The minimum absolute atomic E-state index is 0.499. The Morgan fingerprint density at radius 1 is 1.21 bits per heavy atom. The molecule has 3 rings (SSSR count). The number of hydrogen-bond acceptors (Lipinski definition) is 4. The quantitative estimate of drug-likeness (QED) is 0.346. The monoisotopic (exact) mass is 419 g/mol. The largest absolute Gasteiger partial charge is 0.411 e. The van der Waals surface area contributed by atoms with Crippen LogP contribution in [0.4, 0.5) is 5.69 Å². The first kappa shape index (κ1) is 20.2. The molecule has 8 heteroatoms. The molecule has 0 aliphatic carbocycles. The van der Waals surface area contributed by atoms with Crippen molar-refractivity contribution in [2.24, 2.45) is 5.16 Å². The summed E-state index contributed by atoms with van der Waals surface area (Å²) in [6.07, 6.45) is 3.61. The van der Waals surface area contributed by atoms with Crippen molar-refractivity contribution in [1.29, 1.82) is 0 Å². The third-order valence-corrected chi connectivity index (χ3v) is 5.86. The summed E-state index contributed by atoms with van der Waals surface area (Å²) in [6, 6.07) is 14.7. The maximum Gasteiger partial charge on any atom is 0.229 e. The van der Waals surface area contributed by atoms with Gasteiger partial charge in [-0.3, -0.25) is 4.72 Å². The molecule has 0 spiro atoms. The summed E-state index contributed by atoms with van der Waals surface area (Å²) in [4.78, 5) is 0. The summed E-state index contributed by atoms with van der Waals surface area (Å²) in [5, 5.41) is 14.5. The van der Waals surface area contributed by atoms with Gasteiger partial charge < -0.3 is 9.77 Å². The Morgan fingerprint density at radius 2 is 1.89 bits per heavy atom. The van der Waals surface area contributed by atoms with Crippen LogP contribution in [0.3, 0.4) is 0 Å². The predicted octanol–water partition coefficient (Wildman–Crippen LogP) is 4.67. The van der Waals surface area contributed by atoms with Gasteiger partial charge in [0.15, 0.2) is 0 Å². The molecule has 148 valence electrons. The number of nitrogens with one attached hydrogen (secondary N) is 1. The summed E-state index contributed by atoms with van der Waals surface area (Å²) >= 11 is 6.07. The van der Waals surface area contributed by atoms with Crippen LogP contribution in [0.1, 0.15) is 25.8 Å². The summed E-state index contributed by atoms with van der Waals surface area (Å²) in [7, 11) is -3.42. The number of hydrogen-bond donors (Lipinski definition) is 2. The van der Waals surface area contributed by atoms with Crippen molar-refractivity contribution in [3.8, 4) is 0 Å². The summed E-state index contributed by atoms with van der Waals surface area (Å²) in [5.41, 5.74) is 1.97. The molecule has 0 saturated carbocycles. The van der Waals surface area contributed by atoms with Crippen LogP contribution in [-0.2, 0) is 15.6 Å². The molecule has 1 unspecified atom stereocenters. The van der Waals surface area contributed by atoms with Crippen molar-refractivity contribution >= 4 is 43.9 Å². The van der Waals surface area contributed by atoms with Gasteiger partial charge in [-0.05, 0) is 49.2 Å². The highest BCUT2D eigenvalue weighted by Gasteiger charge is 2.37. The van der Waals surface area contributed by atoms with Gasteiger partial charge in [-0.2, -0.15) is 0 Å². The van der Waals surface area contributed by atoms with Gasteiger partial charge in [-0.25, -0.2) is 8.42 Å². The zero-order valence-corrected chi connectivity index (χ0v) is 17.4. The highest BCUT2D eigenvalue weighted by molar-refractivity contribution is 7.92. The van der Waals surface area contributed by atoms with Gasteiger partial charge in [-0.15, -0.1) is 0 Å². The Balaban J connectivity index is 2.31. The lowest BCUT2D eigenvalue weighted by Crippen LogP contribution is -2.41. The minimum Gasteiger partial charge on any atom is -0.411 e. The normalized spacial score (nSPS) is 14.8. The zero-order chi connectivity index (χ0) is 20.5. The maximum absolute atomic E-state index is 11.7. The van der Waals surface area contributed by atoms with E-state index in [9.17, 15) is 13.6 Å². The van der Waals surface area contributed by atoms with E-state index in [0.717, 1.165) is 22.7 Å². The molecule has 0 saturated heterocycles. The van der Waals surface area contributed by atoms with Crippen molar-refractivity contribution in [3.05, 3.63) is 65.3 Å². The number of fused-ring (bicyclic) bond motifs is 1. The number of anilines is 1. The fourth-order valence-electron chi connectivity index (χ4n) is 3.75. The lowest BCUT2D eigenvalue weighted by molar-refractivity contribution is 0.308. The number of nitrogens with zero attached hydrogens (tertiary/aromatic N) is 2. The van der Waals surface area contributed by atoms with E-state index >= 15 is 0 Å². The van der Waals surface area contributed by atoms with Gasteiger partial charge in [0.2, 0.25) is 10.0 Å². The van der Waals surface area contributed by atoms with Crippen LogP contribution in [-0.4, -0.2) is 30.2 Å². The van der Waals surface area contributed by atoms with E-state index in [0.29, 0.717) is 22.8 Å². The lowest BCUT2D eigenvalue weighted by Gasteiger charge is -2.35. The van der Waals surface area contributed by atoms with E-state index in [-0.39, 0.29) is 0 Å². The molecule has 0 aliphatic heterocycles. The molecular weight excluding hydrogens is 398 g/mol. The molecule has 3 aromatic rings. The van der Waals surface area contributed by atoms with E-state index < -0.39 is 15.6 Å². The van der Waals surface area contributed by atoms with Gasteiger partial charge >= 0.3 is 0 Å². The van der Waals surface area contributed by atoms with Gasteiger partial charge in [0.1, 0.15) is 5.54 Å². The van der Waals surface area contributed by atoms with E-state index in [1.807, 2.05) is 42.0 Å². The SMILES string of the molecule is CCC(/C(C)=N\O)(c1ccc(Cl)cc1)n1ccc2c(NS(C)(=O)=O)cccc21. The molecular formula is C20H22ClN3O3S. The second-order valence-electron chi connectivity index (χ2n) is 6.70. The Morgan fingerprint density at radius 3 is 2.46 bits per heavy atom. The van der Waals surface area contributed by atoms with Gasteiger partial charge in [0.05, 0.1) is 23.2 Å². The molecule has 0 bridgehead atoms. The van der Waals surface area contributed by atoms with Gasteiger partial charge in [-0.1, -0.05) is 41.9 Å². The number of sulfonamides is 1. The van der Waals surface area contributed by atoms with Crippen LogP contribution < -0.4 is 4.72 Å². The molecule has 1 heterocycles. The number of rotatable bonds is 6. The first-order valence-corrected chi connectivity index (χ1v) is 11.0. The molecule has 0 fully saturated rings. The van der Waals surface area contributed by atoms with Crippen LogP contribution in [0.5, 0.6) is 0 Å². The summed E-state index contributed by atoms with van der Waals surface area (Å²) in [6.45, 7) is 3.77. The van der Waals surface area contributed by atoms with E-state index in [4.69, 9.17) is 11.6 Å². The first-order chi connectivity index (χ1) is 13.2. The fourth-order valence-corrected chi connectivity index (χ4v) is 4.45. The third-order valence-electron chi connectivity index (χ3n) is 5.02. The molecule has 1 atom stereocenters. The smallest absolute Gasteiger partial charge is 0.229 e.